The Balaban J connectivity index is 2.77. The molecule has 0 bridgehead atoms. The number of aliphatic hydroxyl groups is 2. The molecule has 0 aromatic heterocycles. The molecule has 2 unspecified atom stereocenters. The number of carbonyl (C=O) groups excluding carboxylic acids is 1. The summed E-state index contributed by atoms with van der Waals surface area (Å²) in [5.74, 6) is -3.03. The lowest BCUT2D eigenvalue weighted by Gasteiger charge is -2.21. The number of carboxylic acid groups (broad SMARTS) is 1. The zero-order chi connectivity index (χ0) is 13.9. The van der Waals surface area contributed by atoms with Crippen molar-refractivity contribution in [3.8, 4) is 5.75 Å². The summed E-state index contributed by atoms with van der Waals surface area (Å²) < 4.78 is 4.71. The highest BCUT2D eigenvalue weighted by molar-refractivity contribution is 7.82. The zero-order valence-electron chi connectivity index (χ0n) is 9.40. The Morgan fingerprint density at radius 1 is 1.33 bits per heavy atom. The number of ether oxygens (including phenoxy) is 1. The summed E-state index contributed by atoms with van der Waals surface area (Å²) in [5.41, 5.74) is 0.937. The van der Waals surface area contributed by atoms with E-state index in [2.05, 4.69) is 12.6 Å². The molecule has 1 aromatic carbocycles. The second-order valence-electron chi connectivity index (χ2n) is 3.67. The molecule has 2 atom stereocenters. The Morgan fingerprint density at radius 3 is 2.28 bits per heavy atom. The molecule has 0 saturated carbocycles. The van der Waals surface area contributed by atoms with Crippen molar-refractivity contribution < 1.29 is 29.6 Å². The Bertz CT molecular complexity index is 453. The van der Waals surface area contributed by atoms with Gasteiger partial charge in [-0.1, -0.05) is 17.7 Å². The molecule has 0 heterocycles. The molecular weight excluding hydrogens is 260 g/mol. The molecule has 0 aliphatic carbocycles. The van der Waals surface area contributed by atoms with Gasteiger partial charge in [-0.05, 0) is 19.1 Å². The van der Waals surface area contributed by atoms with Crippen LogP contribution >= 0.6 is 12.6 Å². The van der Waals surface area contributed by atoms with Crippen molar-refractivity contribution in [2.45, 2.75) is 18.0 Å². The molecule has 1 aromatic rings. The molecule has 3 N–H and O–H groups in total. The number of thiol groups is 1. The number of hydrogen-bond acceptors (Lipinski definition) is 6. The highest BCUT2D eigenvalue weighted by Crippen LogP contribution is 2.19. The molecular formula is C11H12O6S. The van der Waals surface area contributed by atoms with Crippen molar-refractivity contribution in [2.24, 2.45) is 0 Å². The monoisotopic (exact) mass is 272 g/mol. The molecule has 0 spiro atoms. The maximum Gasteiger partial charge on any atom is 0.349 e. The van der Waals surface area contributed by atoms with Crippen LogP contribution in [0.15, 0.2) is 24.3 Å². The number of hydrogen-bond donors (Lipinski definition) is 4. The number of benzene rings is 1. The number of aliphatic carboxylic acids is 1. The van der Waals surface area contributed by atoms with Crippen molar-refractivity contribution in [2.75, 3.05) is 0 Å². The van der Waals surface area contributed by atoms with E-state index in [1.807, 2.05) is 6.92 Å². The topological polar surface area (TPSA) is 104 Å². The Labute approximate surface area is 108 Å². The largest absolute Gasteiger partial charge is 0.478 e. The number of esters is 1. The number of carbonyl (C=O) groups is 2. The van der Waals surface area contributed by atoms with Crippen molar-refractivity contribution in [3.05, 3.63) is 29.8 Å². The maximum absolute atomic E-state index is 11.4. The third-order valence-electron chi connectivity index (χ3n) is 2.16. The SMILES string of the molecule is Cc1ccc(OC(=O)C(O)C(O)(S)C(=O)O)cc1. The summed E-state index contributed by atoms with van der Waals surface area (Å²) in [6.45, 7) is 1.83. The van der Waals surface area contributed by atoms with Gasteiger partial charge >= 0.3 is 11.9 Å². The van der Waals surface area contributed by atoms with Crippen LogP contribution in [0, 0.1) is 6.92 Å². The van der Waals surface area contributed by atoms with Crippen molar-refractivity contribution in [1.29, 1.82) is 0 Å². The van der Waals surface area contributed by atoms with Crippen LogP contribution in [-0.4, -0.2) is 38.3 Å². The second kappa shape index (κ2) is 5.38. The molecule has 98 valence electrons. The predicted octanol–water partition coefficient (Wildman–Crippen LogP) is -0.0357. The Hall–Kier alpha value is -1.57. The third-order valence-corrected chi connectivity index (χ3v) is 2.59. The number of aryl methyl sites for hydroxylation is 1. The summed E-state index contributed by atoms with van der Waals surface area (Å²) >= 11 is 3.30. The minimum atomic E-state index is -2.90. The second-order valence-corrected chi connectivity index (χ2v) is 4.35. The molecule has 0 saturated heterocycles. The first-order valence-electron chi connectivity index (χ1n) is 4.89. The van der Waals surface area contributed by atoms with Gasteiger partial charge in [0.15, 0.2) is 0 Å². The van der Waals surface area contributed by atoms with E-state index in [1.54, 1.807) is 12.1 Å². The van der Waals surface area contributed by atoms with E-state index in [0.29, 0.717) is 0 Å². The number of carboxylic acids is 1. The van der Waals surface area contributed by atoms with Gasteiger partial charge in [0.25, 0.3) is 0 Å². The van der Waals surface area contributed by atoms with Crippen LogP contribution in [0.4, 0.5) is 0 Å². The average molecular weight is 272 g/mol. The van der Waals surface area contributed by atoms with Gasteiger partial charge in [-0.3, -0.25) is 0 Å². The fraction of sp³-hybridized carbons (Fsp3) is 0.273. The van der Waals surface area contributed by atoms with Crippen LogP contribution in [0.1, 0.15) is 5.56 Å². The first-order valence-corrected chi connectivity index (χ1v) is 5.34. The standard InChI is InChI=1S/C11H12O6S/c1-6-2-4-7(5-3-6)17-9(13)8(12)11(16,18)10(14)15/h2-5,8,12,16,18H,1H3,(H,14,15). The quantitative estimate of drug-likeness (QED) is 0.265. The van der Waals surface area contributed by atoms with Crippen molar-refractivity contribution in [1.82, 2.24) is 0 Å². The Morgan fingerprint density at radius 2 is 1.83 bits per heavy atom. The minimum absolute atomic E-state index is 0.124. The van der Waals surface area contributed by atoms with E-state index in [-0.39, 0.29) is 5.75 Å². The summed E-state index contributed by atoms with van der Waals surface area (Å²) in [6, 6.07) is 6.27. The van der Waals surface area contributed by atoms with Gasteiger partial charge in [-0.2, -0.15) is 0 Å². The molecule has 6 nitrogen and oxygen atoms in total. The van der Waals surface area contributed by atoms with Gasteiger partial charge in [0.1, 0.15) is 5.75 Å². The lowest BCUT2D eigenvalue weighted by atomic mass is 10.2. The lowest BCUT2D eigenvalue weighted by molar-refractivity contribution is -0.168. The first kappa shape index (κ1) is 14.5. The molecule has 7 heteroatoms. The molecule has 0 fully saturated rings. The molecule has 0 radical (unpaired) electrons. The molecule has 0 aliphatic heterocycles. The van der Waals surface area contributed by atoms with E-state index < -0.39 is 23.0 Å². The molecule has 0 amide bonds. The van der Waals surface area contributed by atoms with Crippen LogP contribution in [-0.2, 0) is 9.59 Å². The van der Waals surface area contributed by atoms with E-state index in [0.717, 1.165) is 5.56 Å². The van der Waals surface area contributed by atoms with Gasteiger partial charge in [-0.25, -0.2) is 9.59 Å². The van der Waals surface area contributed by atoms with E-state index >= 15 is 0 Å². The summed E-state index contributed by atoms with van der Waals surface area (Å²) in [4.78, 5) is 19.1. The maximum atomic E-state index is 11.4. The van der Waals surface area contributed by atoms with E-state index in [1.165, 1.54) is 12.1 Å². The van der Waals surface area contributed by atoms with Crippen molar-refractivity contribution >= 4 is 24.6 Å². The van der Waals surface area contributed by atoms with Crippen LogP contribution in [0.5, 0.6) is 5.75 Å². The zero-order valence-corrected chi connectivity index (χ0v) is 10.3. The fourth-order valence-electron chi connectivity index (χ4n) is 1.06. The molecule has 18 heavy (non-hydrogen) atoms. The van der Waals surface area contributed by atoms with Crippen molar-refractivity contribution in [3.63, 3.8) is 0 Å². The highest BCUT2D eigenvalue weighted by atomic mass is 32.1. The third kappa shape index (κ3) is 3.22. The first-order chi connectivity index (χ1) is 8.25. The fourth-order valence-corrected chi connectivity index (χ4v) is 1.16. The van der Waals surface area contributed by atoms with Crippen LogP contribution in [0.25, 0.3) is 0 Å². The molecule has 1 rings (SSSR count). The van der Waals surface area contributed by atoms with Crippen LogP contribution in [0.2, 0.25) is 0 Å². The predicted molar refractivity (Wildman–Crippen MR) is 64.4 cm³/mol. The van der Waals surface area contributed by atoms with Gasteiger partial charge in [-0.15, -0.1) is 12.6 Å². The van der Waals surface area contributed by atoms with E-state index in [9.17, 15) is 19.8 Å². The number of aliphatic hydroxyl groups excluding tert-OH is 1. The lowest BCUT2D eigenvalue weighted by Crippen LogP contribution is -2.50. The van der Waals surface area contributed by atoms with Gasteiger partial charge in [0.2, 0.25) is 11.0 Å². The Kier molecular flexibility index (Phi) is 4.33. The highest BCUT2D eigenvalue weighted by Gasteiger charge is 2.45. The summed E-state index contributed by atoms with van der Waals surface area (Å²) in [6.07, 6.45) is -2.31. The minimum Gasteiger partial charge on any atom is -0.478 e. The van der Waals surface area contributed by atoms with Gasteiger partial charge in [0.05, 0.1) is 0 Å². The van der Waals surface area contributed by atoms with Gasteiger partial charge < -0.3 is 20.1 Å². The average Bonchev–Trinajstić information content (AvgIpc) is 2.30. The van der Waals surface area contributed by atoms with Crippen LogP contribution in [0.3, 0.4) is 0 Å². The normalized spacial score (nSPS) is 15.6. The van der Waals surface area contributed by atoms with Crippen LogP contribution < -0.4 is 4.74 Å². The summed E-state index contributed by atoms with van der Waals surface area (Å²) in [7, 11) is 0. The summed E-state index contributed by atoms with van der Waals surface area (Å²) in [5, 5.41) is 27.2. The number of rotatable bonds is 4. The van der Waals surface area contributed by atoms with Gasteiger partial charge in [0, 0.05) is 0 Å². The smallest absolute Gasteiger partial charge is 0.349 e. The molecule has 0 aliphatic rings. The van der Waals surface area contributed by atoms with E-state index in [4.69, 9.17) is 9.84 Å².